The maximum Gasteiger partial charge on any atom is 0.347 e. The molecule has 0 radical (unpaired) electrons. The molecule has 0 aromatic rings. The minimum absolute atomic E-state index is 0.143. The number of carbonyl (C=O) groups is 1. The van der Waals surface area contributed by atoms with Crippen molar-refractivity contribution in [3.63, 3.8) is 0 Å². The third-order valence-corrected chi connectivity index (χ3v) is 4.84. The molecule has 1 aliphatic carbocycles. The maximum atomic E-state index is 11.9. The fourth-order valence-electron chi connectivity index (χ4n) is 2.62. The average molecular weight is 292 g/mol. The molecule has 5 N–H and O–H groups in total. The lowest BCUT2D eigenvalue weighted by Crippen LogP contribution is -2.48. The summed E-state index contributed by atoms with van der Waals surface area (Å²) in [5.74, 6) is -1.42. The first-order valence-electron chi connectivity index (χ1n) is 6.83. The Labute approximate surface area is 114 Å². The Morgan fingerprint density at radius 3 is 2.32 bits per heavy atom. The maximum absolute atomic E-state index is 11.9. The van der Waals surface area contributed by atoms with Crippen molar-refractivity contribution >= 4 is 13.5 Å². The van der Waals surface area contributed by atoms with E-state index < -0.39 is 25.3 Å². The molecule has 2 atom stereocenters. The zero-order valence-electron chi connectivity index (χ0n) is 11.6. The lowest BCUT2D eigenvalue weighted by molar-refractivity contribution is -0.123. The molecule has 19 heavy (non-hydrogen) atoms. The van der Waals surface area contributed by atoms with E-state index in [-0.39, 0.29) is 11.8 Å². The van der Waals surface area contributed by atoms with E-state index >= 15 is 0 Å². The Bertz CT molecular complexity index is 350. The fraction of sp³-hybridized carbons (Fsp3) is 0.917. The number of hydrogen-bond acceptors (Lipinski definition) is 3. The van der Waals surface area contributed by atoms with Crippen molar-refractivity contribution < 1.29 is 19.1 Å². The van der Waals surface area contributed by atoms with Gasteiger partial charge in [0, 0.05) is 0 Å². The minimum Gasteiger partial charge on any atom is -0.340 e. The number of carbonyl (C=O) groups excluding carboxylic acids is 1. The van der Waals surface area contributed by atoms with Crippen molar-refractivity contribution in [2.24, 2.45) is 17.6 Å². The van der Waals surface area contributed by atoms with Crippen molar-refractivity contribution in [1.82, 2.24) is 5.32 Å². The van der Waals surface area contributed by atoms with E-state index in [4.69, 9.17) is 5.73 Å². The van der Waals surface area contributed by atoms with E-state index in [1.165, 1.54) is 0 Å². The largest absolute Gasteiger partial charge is 0.347 e. The molecule has 1 amide bonds. The fourth-order valence-corrected chi connectivity index (χ4v) is 3.76. The molecule has 0 spiro atoms. The standard InChI is InChI=1S/C12H25N2O4P/c1-8(2)7-10(13)11(15)14-12(19(16,17)18)9-5-3-4-6-9/h8-10,12H,3-7,13H2,1-2H3,(H,14,15)(H2,16,17,18)/t10-,12?/m0/s1. The summed E-state index contributed by atoms with van der Waals surface area (Å²) in [6.45, 7) is 3.90. The number of nitrogens with two attached hydrogens (primary N) is 1. The van der Waals surface area contributed by atoms with Crippen LogP contribution in [0.5, 0.6) is 0 Å². The van der Waals surface area contributed by atoms with Gasteiger partial charge < -0.3 is 20.8 Å². The highest BCUT2D eigenvalue weighted by molar-refractivity contribution is 7.52. The van der Waals surface area contributed by atoms with E-state index in [1.807, 2.05) is 13.8 Å². The molecule has 1 unspecified atom stereocenters. The molecule has 0 bridgehead atoms. The number of nitrogens with one attached hydrogen (secondary N) is 1. The number of hydrogen-bond donors (Lipinski definition) is 4. The van der Waals surface area contributed by atoms with Gasteiger partial charge in [-0.2, -0.15) is 0 Å². The van der Waals surface area contributed by atoms with Crippen molar-refractivity contribution in [3.8, 4) is 0 Å². The van der Waals surface area contributed by atoms with Crippen molar-refractivity contribution in [3.05, 3.63) is 0 Å². The molecule has 1 saturated carbocycles. The monoisotopic (exact) mass is 292 g/mol. The van der Waals surface area contributed by atoms with Crippen molar-refractivity contribution in [2.45, 2.75) is 57.8 Å². The Balaban J connectivity index is 2.67. The van der Waals surface area contributed by atoms with Crippen LogP contribution in [0.25, 0.3) is 0 Å². The highest BCUT2D eigenvalue weighted by Crippen LogP contribution is 2.47. The average Bonchev–Trinajstić information content (AvgIpc) is 2.75. The molecule has 1 fully saturated rings. The molecular formula is C12H25N2O4P. The Morgan fingerprint density at radius 1 is 1.37 bits per heavy atom. The van der Waals surface area contributed by atoms with Gasteiger partial charge in [0.25, 0.3) is 0 Å². The van der Waals surface area contributed by atoms with Gasteiger partial charge in [-0.25, -0.2) is 0 Å². The van der Waals surface area contributed by atoms with Crippen LogP contribution < -0.4 is 11.1 Å². The SMILES string of the molecule is CC(C)C[C@H](N)C(=O)NC(C1CCCC1)P(=O)(O)O. The summed E-state index contributed by atoms with van der Waals surface area (Å²) in [7, 11) is -4.34. The van der Waals surface area contributed by atoms with E-state index in [9.17, 15) is 19.1 Å². The highest BCUT2D eigenvalue weighted by atomic mass is 31.2. The molecular weight excluding hydrogens is 267 g/mol. The molecule has 1 aliphatic rings. The van der Waals surface area contributed by atoms with Gasteiger partial charge in [-0.1, -0.05) is 26.7 Å². The highest BCUT2D eigenvalue weighted by Gasteiger charge is 2.39. The Hall–Kier alpha value is -0.420. The van der Waals surface area contributed by atoms with Gasteiger partial charge in [-0.05, 0) is 31.1 Å². The van der Waals surface area contributed by atoms with Gasteiger partial charge >= 0.3 is 7.60 Å². The molecule has 7 heteroatoms. The van der Waals surface area contributed by atoms with Crippen LogP contribution in [0.15, 0.2) is 0 Å². The van der Waals surface area contributed by atoms with Crippen LogP contribution in [0.3, 0.4) is 0 Å². The first kappa shape index (κ1) is 16.6. The molecule has 0 aromatic heterocycles. The third kappa shape index (κ3) is 5.22. The molecule has 0 aromatic carbocycles. The summed E-state index contributed by atoms with van der Waals surface area (Å²) < 4.78 is 11.5. The topological polar surface area (TPSA) is 113 Å². The van der Waals surface area contributed by atoms with E-state index in [0.717, 1.165) is 25.7 Å². The number of amides is 1. The molecule has 1 rings (SSSR count). The van der Waals surface area contributed by atoms with E-state index in [0.29, 0.717) is 6.42 Å². The summed E-state index contributed by atoms with van der Waals surface area (Å²) in [6.07, 6.45) is 3.90. The van der Waals surface area contributed by atoms with Crippen LogP contribution >= 0.6 is 7.60 Å². The summed E-state index contributed by atoms with van der Waals surface area (Å²) >= 11 is 0. The van der Waals surface area contributed by atoms with Crippen LogP contribution in [0.1, 0.15) is 46.0 Å². The van der Waals surface area contributed by atoms with Gasteiger partial charge in [0.2, 0.25) is 5.91 Å². The van der Waals surface area contributed by atoms with Crippen molar-refractivity contribution in [1.29, 1.82) is 0 Å². The Morgan fingerprint density at radius 2 is 1.89 bits per heavy atom. The molecule has 112 valence electrons. The number of rotatable bonds is 6. The molecule has 0 heterocycles. The predicted molar refractivity (Wildman–Crippen MR) is 73.4 cm³/mol. The minimum atomic E-state index is -4.34. The second kappa shape index (κ2) is 6.84. The van der Waals surface area contributed by atoms with Gasteiger partial charge in [0.05, 0.1) is 6.04 Å². The van der Waals surface area contributed by atoms with Gasteiger partial charge in [-0.15, -0.1) is 0 Å². The third-order valence-electron chi connectivity index (χ3n) is 3.56. The summed E-state index contributed by atoms with van der Waals surface area (Å²) in [6, 6.07) is -0.713. The van der Waals surface area contributed by atoms with Crippen LogP contribution in [0.2, 0.25) is 0 Å². The zero-order valence-corrected chi connectivity index (χ0v) is 12.5. The molecule has 6 nitrogen and oxygen atoms in total. The van der Waals surface area contributed by atoms with Gasteiger partial charge in [-0.3, -0.25) is 9.36 Å². The first-order valence-corrected chi connectivity index (χ1v) is 8.51. The lowest BCUT2D eigenvalue weighted by Gasteiger charge is -2.27. The Kier molecular flexibility index (Phi) is 5.99. The second-order valence-electron chi connectivity index (χ2n) is 5.82. The normalized spacial score (nSPS) is 20.5. The van der Waals surface area contributed by atoms with Crippen LogP contribution in [0, 0.1) is 11.8 Å². The van der Waals surface area contributed by atoms with Crippen molar-refractivity contribution in [2.75, 3.05) is 0 Å². The van der Waals surface area contributed by atoms with E-state index in [1.54, 1.807) is 0 Å². The summed E-state index contributed by atoms with van der Waals surface area (Å²) in [5, 5.41) is 2.48. The predicted octanol–water partition coefficient (Wildman–Crippen LogP) is 1.17. The smallest absolute Gasteiger partial charge is 0.340 e. The lowest BCUT2D eigenvalue weighted by atomic mass is 10.0. The molecule has 0 aliphatic heterocycles. The summed E-state index contributed by atoms with van der Waals surface area (Å²) in [5.41, 5.74) is 5.74. The molecule has 0 saturated heterocycles. The van der Waals surface area contributed by atoms with E-state index in [2.05, 4.69) is 5.32 Å². The van der Waals surface area contributed by atoms with Crippen LogP contribution in [0.4, 0.5) is 0 Å². The second-order valence-corrected chi connectivity index (χ2v) is 7.56. The summed E-state index contributed by atoms with van der Waals surface area (Å²) in [4.78, 5) is 30.7. The first-order chi connectivity index (χ1) is 8.71. The van der Waals surface area contributed by atoms with Gasteiger partial charge in [0.1, 0.15) is 5.78 Å². The van der Waals surface area contributed by atoms with Crippen LogP contribution in [-0.4, -0.2) is 27.5 Å². The van der Waals surface area contributed by atoms with Gasteiger partial charge in [0.15, 0.2) is 0 Å². The quantitative estimate of drug-likeness (QED) is 0.549. The zero-order chi connectivity index (χ0) is 14.6. The van der Waals surface area contributed by atoms with Crippen LogP contribution in [-0.2, 0) is 9.36 Å².